The third kappa shape index (κ3) is 4.43. The average molecular weight is 354 g/mol. The fourth-order valence-electron chi connectivity index (χ4n) is 2.90. The zero-order valence-electron chi connectivity index (χ0n) is 16.8. The van der Waals surface area contributed by atoms with E-state index in [-0.39, 0.29) is 28.5 Å². The van der Waals surface area contributed by atoms with Gasteiger partial charge in [0.1, 0.15) is 5.75 Å². The Morgan fingerprint density at radius 1 is 1.08 bits per heavy atom. The van der Waals surface area contributed by atoms with Crippen molar-refractivity contribution in [2.45, 2.75) is 65.3 Å². The van der Waals surface area contributed by atoms with E-state index in [9.17, 15) is 9.90 Å². The summed E-state index contributed by atoms with van der Waals surface area (Å²) >= 11 is 0. The first-order valence-corrected chi connectivity index (χ1v) is 9.00. The van der Waals surface area contributed by atoms with Gasteiger partial charge in [-0.15, -0.1) is 0 Å². The summed E-state index contributed by atoms with van der Waals surface area (Å²) < 4.78 is 0. The topological polar surface area (TPSA) is 62.2 Å². The van der Waals surface area contributed by atoms with Gasteiger partial charge in [-0.2, -0.15) is 0 Å². The number of nitrogens with one attached hydrogen (secondary N) is 1. The van der Waals surface area contributed by atoms with Crippen molar-refractivity contribution in [1.82, 2.24) is 10.3 Å². The number of phenolic OH excluding ortho intramolecular Hbond substituents is 1. The molecule has 0 saturated heterocycles. The highest BCUT2D eigenvalue weighted by Gasteiger charge is 2.28. The highest BCUT2D eigenvalue weighted by molar-refractivity contribution is 5.95. The summed E-state index contributed by atoms with van der Waals surface area (Å²) in [5.41, 5.74) is 2.54. The molecular weight excluding hydrogens is 324 g/mol. The molecular formula is C22H30N2O2. The molecule has 26 heavy (non-hydrogen) atoms. The number of benzene rings is 1. The number of rotatable bonds is 3. The van der Waals surface area contributed by atoms with E-state index in [0.29, 0.717) is 5.56 Å². The lowest BCUT2D eigenvalue weighted by atomic mass is 9.78. The number of carbonyl (C=O) groups is 1. The van der Waals surface area contributed by atoms with Gasteiger partial charge in [0.05, 0.1) is 6.04 Å². The third-order valence-electron chi connectivity index (χ3n) is 4.52. The first-order chi connectivity index (χ1) is 11.9. The zero-order chi connectivity index (χ0) is 19.7. The maximum absolute atomic E-state index is 12.9. The molecule has 0 radical (unpaired) electrons. The van der Waals surface area contributed by atoms with Crippen LogP contribution in [0.4, 0.5) is 0 Å². The molecule has 0 aliphatic rings. The average Bonchev–Trinajstić information content (AvgIpc) is 2.53. The molecule has 1 amide bonds. The molecule has 0 spiro atoms. The summed E-state index contributed by atoms with van der Waals surface area (Å²) in [6.07, 6.45) is 3.46. The Balaban J connectivity index is 2.43. The minimum atomic E-state index is -0.269. The van der Waals surface area contributed by atoms with Gasteiger partial charge in [-0.3, -0.25) is 9.78 Å². The molecule has 140 valence electrons. The number of amides is 1. The second-order valence-electron chi connectivity index (χ2n) is 8.90. The Labute approximate surface area is 156 Å². The molecule has 2 N–H and O–H groups in total. The maximum atomic E-state index is 12.9. The smallest absolute Gasteiger partial charge is 0.251 e. The molecule has 0 fully saturated rings. The molecule has 4 heteroatoms. The van der Waals surface area contributed by atoms with Crippen molar-refractivity contribution in [3.8, 4) is 5.75 Å². The largest absolute Gasteiger partial charge is 0.507 e. The van der Waals surface area contributed by atoms with Crippen LogP contribution < -0.4 is 5.32 Å². The van der Waals surface area contributed by atoms with Crippen LogP contribution in [-0.4, -0.2) is 16.0 Å². The van der Waals surface area contributed by atoms with E-state index < -0.39 is 0 Å². The monoisotopic (exact) mass is 354 g/mol. The lowest BCUT2D eigenvalue weighted by molar-refractivity contribution is 0.0939. The Kier molecular flexibility index (Phi) is 5.45. The molecule has 1 unspecified atom stereocenters. The van der Waals surface area contributed by atoms with Crippen LogP contribution in [0.25, 0.3) is 0 Å². The van der Waals surface area contributed by atoms with Crippen LogP contribution in [0.1, 0.15) is 81.6 Å². The number of phenols is 1. The van der Waals surface area contributed by atoms with Crippen molar-refractivity contribution < 1.29 is 9.90 Å². The van der Waals surface area contributed by atoms with Gasteiger partial charge < -0.3 is 10.4 Å². The van der Waals surface area contributed by atoms with Crippen LogP contribution in [0.15, 0.2) is 36.7 Å². The highest BCUT2D eigenvalue weighted by atomic mass is 16.3. The van der Waals surface area contributed by atoms with Gasteiger partial charge >= 0.3 is 0 Å². The van der Waals surface area contributed by atoms with E-state index in [1.54, 1.807) is 24.5 Å². The number of aromatic hydroxyl groups is 1. The van der Waals surface area contributed by atoms with E-state index in [4.69, 9.17) is 0 Å². The third-order valence-corrected chi connectivity index (χ3v) is 4.52. The molecule has 0 saturated carbocycles. The van der Waals surface area contributed by atoms with Gasteiger partial charge in [-0.1, -0.05) is 47.6 Å². The lowest BCUT2D eigenvalue weighted by Crippen LogP contribution is -2.28. The van der Waals surface area contributed by atoms with Crippen LogP contribution in [-0.2, 0) is 10.8 Å². The Morgan fingerprint density at radius 2 is 1.62 bits per heavy atom. The predicted molar refractivity (Wildman–Crippen MR) is 106 cm³/mol. The second kappa shape index (κ2) is 7.10. The Bertz CT molecular complexity index is 749. The van der Waals surface area contributed by atoms with Crippen LogP contribution in [0.5, 0.6) is 5.75 Å². The summed E-state index contributed by atoms with van der Waals surface area (Å²) in [5.74, 6) is 0.124. The normalized spacial score (nSPS) is 13.3. The summed E-state index contributed by atoms with van der Waals surface area (Å²) in [4.78, 5) is 17.0. The highest BCUT2D eigenvalue weighted by Crippen LogP contribution is 2.39. The molecule has 2 rings (SSSR count). The van der Waals surface area contributed by atoms with Crippen LogP contribution in [0, 0.1) is 0 Å². The van der Waals surface area contributed by atoms with Gasteiger partial charge in [0.15, 0.2) is 0 Å². The molecule has 0 aliphatic heterocycles. The maximum Gasteiger partial charge on any atom is 0.251 e. The zero-order valence-corrected chi connectivity index (χ0v) is 16.8. The second-order valence-corrected chi connectivity index (χ2v) is 8.90. The van der Waals surface area contributed by atoms with Crippen LogP contribution in [0.3, 0.4) is 0 Å². The summed E-state index contributed by atoms with van der Waals surface area (Å²) in [6, 6.07) is 7.25. The molecule has 0 bridgehead atoms. The van der Waals surface area contributed by atoms with E-state index >= 15 is 0 Å². The fourth-order valence-corrected chi connectivity index (χ4v) is 2.90. The van der Waals surface area contributed by atoms with Crippen molar-refractivity contribution >= 4 is 5.91 Å². The van der Waals surface area contributed by atoms with Crippen molar-refractivity contribution in [2.75, 3.05) is 0 Å². The van der Waals surface area contributed by atoms with Crippen LogP contribution in [0.2, 0.25) is 0 Å². The first kappa shape index (κ1) is 20.0. The number of hydrogen-bond acceptors (Lipinski definition) is 3. The van der Waals surface area contributed by atoms with Crippen molar-refractivity contribution in [3.63, 3.8) is 0 Å². The summed E-state index contributed by atoms with van der Waals surface area (Å²) in [7, 11) is 0. The van der Waals surface area contributed by atoms with E-state index in [1.807, 2.05) is 60.6 Å². The standard InChI is InChI=1S/C22H30N2O2/c1-14(15-9-8-10-23-13-15)24-20(26)16-11-17(21(2,3)4)19(25)18(12-16)22(5,6)7/h8-14,25H,1-7H3,(H,24,26). The molecule has 1 heterocycles. The molecule has 1 atom stereocenters. The van der Waals surface area contributed by atoms with Gasteiger partial charge in [0, 0.05) is 29.1 Å². The number of nitrogens with zero attached hydrogens (tertiary/aromatic N) is 1. The lowest BCUT2D eigenvalue weighted by Gasteiger charge is -2.28. The summed E-state index contributed by atoms with van der Waals surface area (Å²) in [6.45, 7) is 14.2. The molecule has 4 nitrogen and oxygen atoms in total. The molecule has 1 aromatic heterocycles. The van der Waals surface area contributed by atoms with Crippen molar-refractivity contribution in [1.29, 1.82) is 0 Å². The molecule has 0 aliphatic carbocycles. The van der Waals surface area contributed by atoms with Crippen molar-refractivity contribution in [2.24, 2.45) is 0 Å². The van der Waals surface area contributed by atoms with Gasteiger partial charge in [0.2, 0.25) is 0 Å². The van der Waals surface area contributed by atoms with Gasteiger partial charge in [-0.25, -0.2) is 0 Å². The van der Waals surface area contributed by atoms with Gasteiger partial charge in [-0.05, 0) is 41.5 Å². The fraction of sp³-hybridized carbons (Fsp3) is 0.455. The van der Waals surface area contributed by atoms with E-state index in [2.05, 4.69) is 10.3 Å². The van der Waals surface area contributed by atoms with E-state index in [0.717, 1.165) is 16.7 Å². The number of aromatic nitrogens is 1. The van der Waals surface area contributed by atoms with E-state index in [1.165, 1.54) is 0 Å². The Morgan fingerprint density at radius 3 is 2.04 bits per heavy atom. The van der Waals surface area contributed by atoms with Crippen LogP contribution >= 0.6 is 0 Å². The number of carbonyl (C=O) groups excluding carboxylic acids is 1. The minimum absolute atomic E-state index is 0.152. The molecule has 1 aromatic carbocycles. The quantitative estimate of drug-likeness (QED) is 0.826. The minimum Gasteiger partial charge on any atom is -0.507 e. The predicted octanol–water partition coefficient (Wildman–Crippen LogP) is 4.87. The van der Waals surface area contributed by atoms with Crippen molar-refractivity contribution in [3.05, 3.63) is 58.9 Å². The number of hydrogen-bond donors (Lipinski definition) is 2. The first-order valence-electron chi connectivity index (χ1n) is 9.00. The SMILES string of the molecule is CC(NC(=O)c1cc(C(C)(C)C)c(O)c(C(C)(C)C)c1)c1cccnc1. The summed E-state index contributed by atoms with van der Waals surface area (Å²) in [5, 5.41) is 13.8. The number of pyridine rings is 1. The van der Waals surface area contributed by atoms with Gasteiger partial charge in [0.25, 0.3) is 5.91 Å². The molecule has 2 aromatic rings. The Hall–Kier alpha value is -2.36.